The van der Waals surface area contributed by atoms with E-state index in [0.29, 0.717) is 25.8 Å². The molecule has 1 aliphatic heterocycles. The van der Waals surface area contributed by atoms with Gasteiger partial charge in [0.15, 0.2) is 0 Å². The maximum atomic E-state index is 12.4. The predicted molar refractivity (Wildman–Crippen MR) is 127 cm³/mol. The van der Waals surface area contributed by atoms with Crippen LogP contribution in [0.2, 0.25) is 0 Å². The van der Waals surface area contributed by atoms with E-state index in [1.807, 2.05) is 31.2 Å². The number of benzene rings is 2. The van der Waals surface area contributed by atoms with Crippen LogP contribution in [0.1, 0.15) is 43.2 Å². The minimum absolute atomic E-state index is 0.0296. The molecule has 2 aromatic carbocycles. The Bertz CT molecular complexity index is 1120. The van der Waals surface area contributed by atoms with Crippen LogP contribution in [0.3, 0.4) is 0 Å². The molecule has 1 saturated heterocycles. The van der Waals surface area contributed by atoms with Crippen LogP contribution in [0.15, 0.2) is 48.5 Å². The van der Waals surface area contributed by atoms with Crippen molar-refractivity contribution in [2.24, 2.45) is 5.41 Å². The number of hydrogen-bond acceptors (Lipinski definition) is 4. The fourth-order valence-corrected chi connectivity index (χ4v) is 4.88. The quantitative estimate of drug-likeness (QED) is 0.665. The lowest BCUT2D eigenvalue weighted by Gasteiger charge is -2.38. The topological polar surface area (TPSA) is 95.9 Å². The highest BCUT2D eigenvalue weighted by molar-refractivity contribution is 5.94. The van der Waals surface area contributed by atoms with Crippen LogP contribution in [0.25, 0.3) is 11.1 Å². The number of rotatable bonds is 5. The van der Waals surface area contributed by atoms with Gasteiger partial charge < -0.3 is 20.1 Å². The number of ether oxygens (including phenoxy) is 1. The Labute approximate surface area is 199 Å². The van der Waals surface area contributed by atoms with E-state index < -0.39 is 23.4 Å². The average molecular weight is 461 g/mol. The number of carboxylic acid groups (broad SMARTS) is 1. The van der Waals surface area contributed by atoms with E-state index in [0.717, 1.165) is 22.3 Å². The number of carboxylic acids is 1. The molecule has 4 rings (SSSR count). The second-order valence-corrected chi connectivity index (χ2v) is 8.75. The molecular weight excluding hydrogens is 432 g/mol. The summed E-state index contributed by atoms with van der Waals surface area (Å²) in [6.07, 6.45) is 1.05. The fourth-order valence-electron chi connectivity index (χ4n) is 4.88. The molecule has 1 fully saturated rings. The van der Waals surface area contributed by atoms with Gasteiger partial charge in [-0.05, 0) is 47.4 Å². The summed E-state index contributed by atoms with van der Waals surface area (Å²) in [6, 6.07) is 16.2. The molecule has 0 radical (unpaired) electrons. The number of piperidine rings is 1. The molecule has 1 atom stereocenters. The largest absolute Gasteiger partial charge is 0.481 e. The summed E-state index contributed by atoms with van der Waals surface area (Å²) in [5.41, 5.74) is 3.67. The third-order valence-electron chi connectivity index (χ3n) is 6.85. The second kappa shape index (κ2) is 10.0. The molecule has 176 valence electrons. The summed E-state index contributed by atoms with van der Waals surface area (Å²) >= 11 is 0. The van der Waals surface area contributed by atoms with Gasteiger partial charge in [0, 0.05) is 19.0 Å². The van der Waals surface area contributed by atoms with Crippen LogP contribution >= 0.6 is 0 Å². The number of carbonyl (C=O) groups excluding carboxylic acids is 2. The van der Waals surface area contributed by atoms with Gasteiger partial charge in [0.2, 0.25) is 0 Å². The van der Waals surface area contributed by atoms with Gasteiger partial charge >= 0.3 is 12.1 Å². The van der Waals surface area contributed by atoms with Gasteiger partial charge in [-0.1, -0.05) is 61.4 Å². The number of aliphatic carboxylic acids is 1. The normalized spacial score (nSPS) is 18.8. The highest BCUT2D eigenvalue weighted by Gasteiger charge is 2.41. The van der Waals surface area contributed by atoms with Gasteiger partial charge in [-0.3, -0.25) is 9.59 Å². The summed E-state index contributed by atoms with van der Waals surface area (Å²) in [5.74, 6) is 3.82. The first-order valence-corrected chi connectivity index (χ1v) is 11.6. The van der Waals surface area contributed by atoms with E-state index in [2.05, 4.69) is 41.4 Å². The van der Waals surface area contributed by atoms with Gasteiger partial charge in [-0.15, -0.1) is 0 Å². The molecule has 0 spiro atoms. The number of fused-ring (bicyclic) bond motifs is 3. The molecular formula is C27H28N2O5. The number of hydrogen-bond donors (Lipinski definition) is 2. The molecule has 1 aliphatic carbocycles. The van der Waals surface area contributed by atoms with Crippen molar-refractivity contribution in [3.05, 3.63) is 59.7 Å². The number of amides is 2. The van der Waals surface area contributed by atoms with Crippen LogP contribution in [0, 0.1) is 17.3 Å². The zero-order chi connectivity index (χ0) is 24.1. The number of carbonyl (C=O) groups is 3. The van der Waals surface area contributed by atoms with Crippen molar-refractivity contribution in [1.82, 2.24) is 10.2 Å². The van der Waals surface area contributed by atoms with Crippen molar-refractivity contribution in [2.45, 2.75) is 32.1 Å². The lowest BCUT2D eigenvalue weighted by atomic mass is 9.77. The molecule has 2 amide bonds. The summed E-state index contributed by atoms with van der Waals surface area (Å²) in [6.45, 7) is 2.64. The number of nitrogens with one attached hydrogen (secondary N) is 1. The molecule has 2 aliphatic rings. The van der Waals surface area contributed by atoms with Gasteiger partial charge in [-0.25, -0.2) is 4.79 Å². The zero-order valence-electron chi connectivity index (χ0n) is 19.2. The third-order valence-corrected chi connectivity index (χ3v) is 6.85. The monoisotopic (exact) mass is 460 g/mol. The van der Waals surface area contributed by atoms with Crippen LogP contribution < -0.4 is 5.32 Å². The molecule has 7 nitrogen and oxygen atoms in total. The van der Waals surface area contributed by atoms with E-state index in [1.165, 1.54) is 4.90 Å². The summed E-state index contributed by atoms with van der Waals surface area (Å²) in [5, 5.41) is 12.1. The van der Waals surface area contributed by atoms with Crippen LogP contribution in [0.5, 0.6) is 0 Å². The Balaban J connectivity index is 1.28. The molecule has 2 N–H and O–H groups in total. The third kappa shape index (κ3) is 4.62. The van der Waals surface area contributed by atoms with Crippen LogP contribution in [-0.4, -0.2) is 54.2 Å². The Morgan fingerprint density at radius 1 is 1.12 bits per heavy atom. The number of alkyl carbamates (subject to hydrolysis) is 1. The summed E-state index contributed by atoms with van der Waals surface area (Å²) in [7, 11) is 0. The minimum atomic E-state index is -0.908. The first-order valence-electron chi connectivity index (χ1n) is 11.6. The maximum Gasteiger partial charge on any atom is 0.407 e. The van der Waals surface area contributed by atoms with Crippen molar-refractivity contribution < 1.29 is 24.2 Å². The molecule has 1 unspecified atom stereocenters. The standard InChI is InChI=1S/C27H28N2O5/c1-2-27(25(31)32)14-8-16-29(18-27)24(30)13-7-15-28-26(33)34-17-23-21-11-5-3-9-19(21)20-10-4-6-12-22(20)23/h3-6,9-12,23H,2,8,14-18H2,1H3,(H,28,33)(H,31,32). The zero-order valence-corrected chi connectivity index (χ0v) is 19.2. The first-order chi connectivity index (χ1) is 16.4. The molecule has 7 heteroatoms. The van der Waals surface area contributed by atoms with E-state index in [9.17, 15) is 19.5 Å². The summed E-state index contributed by atoms with van der Waals surface area (Å²) in [4.78, 5) is 37.8. The highest BCUT2D eigenvalue weighted by Crippen LogP contribution is 2.44. The molecule has 2 aromatic rings. The SMILES string of the molecule is CCC1(C(=O)O)CCCN(C(=O)C#CCNC(=O)OCC2c3ccccc3-c3ccccc32)C1. The van der Waals surface area contributed by atoms with Crippen molar-refractivity contribution in [3.8, 4) is 23.0 Å². The summed E-state index contributed by atoms with van der Waals surface area (Å²) < 4.78 is 5.45. The van der Waals surface area contributed by atoms with Gasteiger partial charge in [-0.2, -0.15) is 0 Å². The number of likely N-dealkylation sites (tertiary alicyclic amines) is 1. The van der Waals surface area contributed by atoms with Crippen molar-refractivity contribution >= 4 is 18.0 Å². The average Bonchev–Trinajstić information content (AvgIpc) is 3.18. The number of nitrogens with zero attached hydrogens (tertiary/aromatic N) is 1. The maximum absolute atomic E-state index is 12.4. The van der Waals surface area contributed by atoms with Crippen molar-refractivity contribution in [1.29, 1.82) is 0 Å². The van der Waals surface area contributed by atoms with E-state index in [-0.39, 0.29) is 25.6 Å². The van der Waals surface area contributed by atoms with E-state index >= 15 is 0 Å². The molecule has 0 aromatic heterocycles. The fraction of sp³-hybridized carbons (Fsp3) is 0.370. The predicted octanol–water partition coefficient (Wildman–Crippen LogP) is 3.63. The van der Waals surface area contributed by atoms with Gasteiger partial charge in [0.05, 0.1) is 12.0 Å². The van der Waals surface area contributed by atoms with Crippen LogP contribution in [0.4, 0.5) is 4.79 Å². The van der Waals surface area contributed by atoms with Gasteiger partial charge in [0.1, 0.15) is 6.61 Å². The molecule has 34 heavy (non-hydrogen) atoms. The van der Waals surface area contributed by atoms with Gasteiger partial charge in [0.25, 0.3) is 5.91 Å². The van der Waals surface area contributed by atoms with E-state index in [4.69, 9.17) is 4.74 Å². The molecule has 0 saturated carbocycles. The highest BCUT2D eigenvalue weighted by atomic mass is 16.5. The van der Waals surface area contributed by atoms with Crippen molar-refractivity contribution in [2.75, 3.05) is 26.2 Å². The molecule has 0 bridgehead atoms. The van der Waals surface area contributed by atoms with E-state index in [1.54, 1.807) is 0 Å². The first kappa shape index (κ1) is 23.4. The Morgan fingerprint density at radius 3 is 2.38 bits per heavy atom. The Kier molecular flexibility index (Phi) is 6.87. The minimum Gasteiger partial charge on any atom is -0.481 e. The smallest absolute Gasteiger partial charge is 0.407 e. The molecule has 1 heterocycles. The Morgan fingerprint density at radius 2 is 1.76 bits per heavy atom. The van der Waals surface area contributed by atoms with Crippen molar-refractivity contribution in [3.63, 3.8) is 0 Å². The lowest BCUT2D eigenvalue weighted by molar-refractivity contribution is -0.154. The lowest BCUT2D eigenvalue weighted by Crippen LogP contribution is -2.49. The second-order valence-electron chi connectivity index (χ2n) is 8.75. The van der Waals surface area contributed by atoms with Crippen LogP contribution in [-0.2, 0) is 14.3 Å². The Hall–Kier alpha value is -3.79.